The number of carbonyl (C=O) groups is 6. The Morgan fingerprint density at radius 3 is 1.11 bits per heavy atom. The van der Waals surface area contributed by atoms with E-state index >= 15 is 0 Å². The van der Waals surface area contributed by atoms with Gasteiger partial charge in [0.2, 0.25) is 0 Å². The highest BCUT2D eigenvalue weighted by atomic mass is 19.1. The fourth-order valence-electron chi connectivity index (χ4n) is 13.8. The smallest absolute Gasteiger partial charge is 0.274 e. The summed E-state index contributed by atoms with van der Waals surface area (Å²) in [5.41, 5.74) is 19.3. The number of hydrogen-bond acceptors (Lipinski definition) is 26. The van der Waals surface area contributed by atoms with Gasteiger partial charge in [-0.05, 0) is 228 Å². The Morgan fingerprint density at radius 1 is 0.288 bits per heavy atom. The van der Waals surface area contributed by atoms with Gasteiger partial charge in [0.1, 0.15) is 66.1 Å². The molecule has 728 valence electrons. The summed E-state index contributed by atoms with van der Waals surface area (Å²) in [7, 11) is 9.27. The van der Waals surface area contributed by atoms with Crippen LogP contribution in [0.3, 0.4) is 0 Å². The molecule has 6 N–H and O–H groups in total. The minimum Gasteiger partial charge on any atom is -0.454 e. The molecule has 6 amide bonds. The maximum Gasteiger partial charge on any atom is 0.274 e. The first-order chi connectivity index (χ1) is 70.7. The summed E-state index contributed by atoms with van der Waals surface area (Å²) in [5, 5.41) is 17.0. The van der Waals surface area contributed by atoms with Gasteiger partial charge in [0.25, 0.3) is 35.4 Å². The highest BCUT2D eigenvalue weighted by molar-refractivity contribution is 6.08. The Kier molecular flexibility index (Phi) is 36.6. The van der Waals surface area contributed by atoms with Crippen LogP contribution in [-0.4, -0.2) is 140 Å². The van der Waals surface area contributed by atoms with Gasteiger partial charge >= 0.3 is 0 Å². The van der Waals surface area contributed by atoms with E-state index in [9.17, 15) is 37.5 Å². The number of ether oxygens (including phenoxy) is 1. The summed E-state index contributed by atoms with van der Waals surface area (Å²) in [6, 6.07) is 78.5. The fraction of sp³-hybridized carbons (Fsp3) is 0.0893. The molecule has 18 rings (SSSR count). The van der Waals surface area contributed by atoms with Crippen molar-refractivity contribution in [1.82, 2.24) is 69.8 Å². The van der Waals surface area contributed by atoms with Crippen LogP contribution >= 0.6 is 0 Å². The van der Waals surface area contributed by atoms with Gasteiger partial charge < -0.3 is 61.1 Å². The van der Waals surface area contributed by atoms with Crippen LogP contribution in [0.25, 0.3) is 0 Å². The van der Waals surface area contributed by atoms with Gasteiger partial charge in [0, 0.05) is 144 Å². The molecule has 0 aliphatic carbocycles. The molecule has 0 spiro atoms. The number of benzene rings is 9. The second-order valence-electron chi connectivity index (χ2n) is 32.4. The van der Waals surface area contributed by atoms with E-state index in [4.69, 9.17) is 11.2 Å². The number of terminal acetylenes is 1. The van der Waals surface area contributed by atoms with Gasteiger partial charge in [-0.2, -0.15) is 0 Å². The van der Waals surface area contributed by atoms with Gasteiger partial charge in [0.05, 0.1) is 102 Å². The first kappa shape index (κ1) is 103. The molecule has 18 aromatic rings. The molecule has 0 unspecified atom stereocenters. The average Bonchev–Trinajstić information content (AvgIpc) is 0.823. The Bertz CT molecular complexity index is 7380. The van der Waals surface area contributed by atoms with Gasteiger partial charge in [0.15, 0.2) is 5.75 Å². The highest BCUT2D eigenvalue weighted by Gasteiger charge is 2.20. The van der Waals surface area contributed by atoms with Crippen molar-refractivity contribution in [2.45, 2.75) is 34.6 Å². The van der Waals surface area contributed by atoms with E-state index in [-0.39, 0.29) is 35.2 Å². The normalized spacial score (nSPS) is 10.2. The lowest BCUT2D eigenvalue weighted by atomic mass is 10.1. The molecule has 9 aromatic heterocycles. The minimum absolute atomic E-state index is 0.124. The van der Waals surface area contributed by atoms with E-state index in [0.29, 0.717) is 96.3 Å². The van der Waals surface area contributed by atoms with Crippen molar-refractivity contribution >= 4 is 126 Å². The molecule has 0 saturated heterocycles. The van der Waals surface area contributed by atoms with Crippen molar-refractivity contribution in [2.75, 3.05) is 91.6 Å². The second kappa shape index (κ2) is 51.6. The molecule has 9 heterocycles. The zero-order valence-corrected chi connectivity index (χ0v) is 81.0. The van der Waals surface area contributed by atoms with E-state index in [2.05, 4.69) is 108 Å². The summed E-state index contributed by atoms with van der Waals surface area (Å²) < 4.78 is 33.8. The molecule has 0 atom stereocenters. The fourth-order valence-corrected chi connectivity index (χ4v) is 13.8. The van der Waals surface area contributed by atoms with Crippen LogP contribution in [0.15, 0.2) is 379 Å². The summed E-state index contributed by atoms with van der Waals surface area (Å²) in [5.74, 6) is 1.32. The number of nitrogens with one attached hydrogen (secondary N) is 6. The summed E-state index contributed by atoms with van der Waals surface area (Å²) in [4.78, 5) is 139. The number of amides is 6. The Hall–Kier alpha value is -20.0. The minimum atomic E-state index is -0.464. The number of pyridine rings is 4. The van der Waals surface area contributed by atoms with Gasteiger partial charge in [-0.1, -0.05) is 89.8 Å². The molecule has 0 aliphatic heterocycles. The van der Waals surface area contributed by atoms with Gasteiger partial charge in [-0.3, -0.25) is 38.7 Å². The molecular formula is C112H99F2N25O7. The van der Waals surface area contributed by atoms with Crippen LogP contribution in [0.2, 0.25) is 0 Å². The SMILES string of the molecule is C#Cc1cccc(C(=O)Nc2cccc(N(C)c3cccnc3)c2)c1.Cc1ccc(C(=O)Nc2ccc(F)c(N(C)c3cncnc3)c2)nc1.Cc1cccc(C(=O)Nc2cc(F)cc(N(C)c3cncnc3)c2)n1.Cc1cccc(C(=O)Nc2cccc(N(C)c3cncnc3)c2)c1.Cc1cccc(C(=O)Nc2cccc(N(C)c3cncnc3)c2)n1.Cc1cccc(C(=O)Nc2cccc(Oc3cncnc3)c2)c1. The van der Waals surface area contributed by atoms with E-state index in [1.54, 1.807) is 208 Å². The van der Waals surface area contributed by atoms with Crippen LogP contribution < -0.4 is 61.1 Å². The van der Waals surface area contributed by atoms with E-state index < -0.39 is 17.5 Å². The third-order valence-corrected chi connectivity index (χ3v) is 21.4. The number of halogens is 2. The topological polar surface area (TPSA) is 380 Å². The standard InChI is InChI=1S/C21H17N3O.C19H18N4O.2C18H16FN5O.C18H17N5O.C18H15N3O2/c1-3-16-7-4-8-17(13-16)21(25)23-18-9-5-10-19(14-18)24(2)20-11-6-12-22-15-20;1-14-5-3-6-15(9-14)19(24)22-16-7-4-8-17(10-16)23(2)18-11-20-13-21-12-18;1-12-3-6-16(22-8-12)18(25)23-13-4-5-15(19)17(7-13)24(2)14-9-20-11-21-10-14;1-12-4-3-5-17(22-12)18(25)23-14-6-13(19)7-15(8-14)24(2)16-9-20-11-21-10-16;1-13-5-3-8-17(21-13)18(24)22-14-6-4-7-15(9-14)23(2)16-10-19-12-20-11-16;1-13-4-2-5-14(8-13)18(22)21-15-6-3-7-16(9-15)23-17-10-19-12-20-11-17/h1,4-15H,2H3,(H,23,25);3-13H,1-2H3,(H,22,24);2*3-11H,1-2H3,(H,23,25);3-12H,1-2H3,(H,22,24);2-12H,1H3,(H,21,22). The first-order valence-corrected chi connectivity index (χ1v) is 45.1. The van der Waals surface area contributed by atoms with Crippen molar-refractivity contribution in [2.24, 2.45) is 0 Å². The quantitative estimate of drug-likeness (QED) is 0.0306. The molecule has 146 heavy (non-hydrogen) atoms. The maximum absolute atomic E-state index is 14.2. The van der Waals surface area contributed by atoms with Crippen LogP contribution in [0.4, 0.5) is 99.8 Å². The van der Waals surface area contributed by atoms with Crippen LogP contribution in [-0.2, 0) is 0 Å². The van der Waals surface area contributed by atoms with Crippen molar-refractivity contribution in [3.8, 4) is 23.8 Å². The number of carbonyl (C=O) groups excluding carboxylic acids is 6. The number of hydrogen-bond donors (Lipinski definition) is 6. The molecule has 0 saturated carbocycles. The molecule has 32 nitrogen and oxygen atoms in total. The molecule has 34 heteroatoms. The predicted octanol–water partition coefficient (Wildman–Crippen LogP) is 21.6. The molecule has 0 bridgehead atoms. The number of rotatable bonds is 24. The molecule has 0 fully saturated rings. The van der Waals surface area contributed by atoms with Crippen LogP contribution in [0.5, 0.6) is 11.5 Å². The second-order valence-corrected chi connectivity index (χ2v) is 32.4. The molecular weight excluding hydrogens is 1850 g/mol. The lowest BCUT2D eigenvalue weighted by molar-refractivity contribution is 0.101. The number of aryl methyl sites for hydroxylation is 5. The Labute approximate surface area is 842 Å². The molecule has 0 radical (unpaired) electrons. The average molecular weight is 1950 g/mol. The Balaban J connectivity index is 0.000000147. The Morgan fingerprint density at radius 2 is 0.664 bits per heavy atom. The zero-order valence-electron chi connectivity index (χ0n) is 81.0. The van der Waals surface area contributed by atoms with Crippen LogP contribution in [0.1, 0.15) is 96.2 Å². The number of nitrogens with zero attached hydrogens (tertiary/aromatic N) is 19. The predicted molar refractivity (Wildman–Crippen MR) is 565 cm³/mol. The largest absolute Gasteiger partial charge is 0.454 e. The van der Waals surface area contributed by atoms with Crippen molar-refractivity contribution < 1.29 is 42.3 Å². The van der Waals surface area contributed by atoms with Gasteiger partial charge in [-0.25, -0.2) is 68.6 Å². The maximum atomic E-state index is 14.2. The van der Waals surface area contributed by atoms with Crippen molar-refractivity contribution in [1.29, 1.82) is 0 Å². The zero-order chi connectivity index (χ0) is 103. The molecule has 0 aliphatic rings. The number of anilines is 16. The monoisotopic (exact) mass is 1940 g/mol. The molecule has 9 aromatic carbocycles. The van der Waals surface area contributed by atoms with E-state index in [1.807, 2.05) is 209 Å². The lowest BCUT2D eigenvalue weighted by Crippen LogP contribution is -2.15. The van der Waals surface area contributed by atoms with E-state index in [1.165, 1.54) is 55.9 Å². The number of aromatic nitrogens is 14. The highest BCUT2D eigenvalue weighted by Crippen LogP contribution is 2.34. The van der Waals surface area contributed by atoms with E-state index in [0.717, 1.165) is 67.9 Å². The summed E-state index contributed by atoms with van der Waals surface area (Å²) in [6.45, 7) is 9.47. The van der Waals surface area contributed by atoms with Gasteiger partial charge in [-0.15, -0.1) is 6.42 Å². The first-order valence-electron chi connectivity index (χ1n) is 45.1. The summed E-state index contributed by atoms with van der Waals surface area (Å²) >= 11 is 0. The summed E-state index contributed by atoms with van der Waals surface area (Å²) in [6.07, 6.45) is 34.3. The van der Waals surface area contributed by atoms with Crippen molar-refractivity contribution in [3.63, 3.8) is 0 Å². The lowest BCUT2D eigenvalue weighted by Gasteiger charge is -2.20. The third-order valence-electron chi connectivity index (χ3n) is 21.4. The third kappa shape index (κ3) is 30.8. The van der Waals surface area contributed by atoms with Crippen LogP contribution in [0, 0.1) is 58.6 Å². The van der Waals surface area contributed by atoms with Crippen molar-refractivity contribution in [3.05, 3.63) is 458 Å².